The molecule has 0 amide bonds. The third-order valence-corrected chi connectivity index (χ3v) is 8.81. The van der Waals surface area contributed by atoms with Gasteiger partial charge in [-0.25, -0.2) is 0 Å². The number of ether oxygens (including phenoxy) is 2. The largest absolute Gasteiger partial charge is 0.376 e. The van der Waals surface area contributed by atoms with Crippen molar-refractivity contribution in [3.05, 3.63) is 0 Å². The predicted molar refractivity (Wildman–Crippen MR) is 81.2 cm³/mol. The van der Waals surface area contributed by atoms with Crippen molar-refractivity contribution in [2.75, 3.05) is 19.8 Å². The smallest absolute Gasteiger partial charge is 0.100 e. The third-order valence-electron chi connectivity index (χ3n) is 5.12. The molecule has 0 aromatic rings. The van der Waals surface area contributed by atoms with Gasteiger partial charge < -0.3 is 9.47 Å². The highest BCUT2D eigenvalue weighted by atomic mass is 31.1. The van der Waals surface area contributed by atoms with Crippen molar-refractivity contribution in [3.63, 3.8) is 0 Å². The lowest BCUT2D eigenvalue weighted by Crippen LogP contribution is -2.34. The Morgan fingerprint density at radius 1 is 0.684 bits per heavy atom. The van der Waals surface area contributed by atoms with E-state index in [1.165, 1.54) is 64.2 Å². The molecule has 0 bridgehead atoms. The zero-order chi connectivity index (χ0) is 12.9. The molecule has 0 aromatic carbocycles. The van der Waals surface area contributed by atoms with Gasteiger partial charge in [0, 0.05) is 0 Å². The summed E-state index contributed by atoms with van der Waals surface area (Å²) in [4.78, 5) is 0. The lowest BCUT2D eigenvalue weighted by atomic mass is 9.99. The highest BCUT2D eigenvalue weighted by Crippen LogP contribution is 2.59. The van der Waals surface area contributed by atoms with Gasteiger partial charge in [0.2, 0.25) is 0 Å². The van der Waals surface area contributed by atoms with Crippen molar-refractivity contribution in [2.24, 2.45) is 0 Å². The molecule has 1 atom stereocenters. The first kappa shape index (κ1) is 14.3. The molecule has 2 aliphatic carbocycles. The molecule has 0 N–H and O–H groups in total. The van der Waals surface area contributed by atoms with Crippen LogP contribution in [0.1, 0.15) is 64.2 Å². The molecule has 2 saturated carbocycles. The van der Waals surface area contributed by atoms with Crippen molar-refractivity contribution in [2.45, 2.75) is 81.4 Å². The van der Waals surface area contributed by atoms with Crippen LogP contribution in [0.3, 0.4) is 0 Å². The Morgan fingerprint density at radius 2 is 1.26 bits per heavy atom. The van der Waals surface area contributed by atoms with E-state index in [0.29, 0.717) is 5.85 Å². The SMILES string of the molecule is C1CCC(P(C2CCCCC2)C2COCCO2)CC1. The van der Waals surface area contributed by atoms with Crippen LogP contribution in [0.2, 0.25) is 0 Å². The van der Waals surface area contributed by atoms with Crippen LogP contribution in [0.25, 0.3) is 0 Å². The number of hydrogen-bond donors (Lipinski definition) is 0. The van der Waals surface area contributed by atoms with E-state index in [4.69, 9.17) is 9.47 Å². The molecule has 3 heteroatoms. The molecule has 1 heterocycles. The van der Waals surface area contributed by atoms with Gasteiger partial charge in [0.1, 0.15) is 5.85 Å². The first-order valence-electron chi connectivity index (χ1n) is 8.42. The summed E-state index contributed by atoms with van der Waals surface area (Å²) in [7, 11) is 0.0376. The van der Waals surface area contributed by atoms with Crippen LogP contribution in [0.4, 0.5) is 0 Å². The molecule has 3 aliphatic rings. The zero-order valence-corrected chi connectivity index (χ0v) is 13.1. The van der Waals surface area contributed by atoms with E-state index in [9.17, 15) is 0 Å². The highest BCUT2D eigenvalue weighted by Gasteiger charge is 2.37. The Labute approximate surface area is 119 Å². The van der Waals surface area contributed by atoms with Crippen LogP contribution in [0, 0.1) is 0 Å². The number of rotatable bonds is 3. The van der Waals surface area contributed by atoms with E-state index in [0.717, 1.165) is 31.1 Å². The molecule has 3 rings (SSSR count). The Kier molecular flexibility index (Phi) is 5.56. The van der Waals surface area contributed by atoms with Gasteiger partial charge in [-0.15, -0.1) is 0 Å². The molecule has 110 valence electrons. The average Bonchev–Trinajstić information content (AvgIpc) is 2.51. The van der Waals surface area contributed by atoms with Crippen LogP contribution in [-0.2, 0) is 9.47 Å². The Morgan fingerprint density at radius 3 is 1.74 bits per heavy atom. The Bertz CT molecular complexity index is 211. The minimum Gasteiger partial charge on any atom is -0.376 e. The van der Waals surface area contributed by atoms with Gasteiger partial charge in [-0.1, -0.05) is 46.4 Å². The maximum absolute atomic E-state index is 6.15. The fourth-order valence-electron chi connectivity index (χ4n) is 4.17. The minimum absolute atomic E-state index is 0.0376. The second-order valence-electron chi connectivity index (χ2n) is 6.43. The summed E-state index contributed by atoms with van der Waals surface area (Å²) in [5, 5.41) is 0. The van der Waals surface area contributed by atoms with Gasteiger partial charge in [-0.05, 0) is 37.0 Å². The first-order chi connectivity index (χ1) is 9.45. The molecule has 2 nitrogen and oxygen atoms in total. The van der Waals surface area contributed by atoms with Crippen LogP contribution in [0.5, 0.6) is 0 Å². The van der Waals surface area contributed by atoms with Crippen LogP contribution in [0.15, 0.2) is 0 Å². The molecule has 1 aliphatic heterocycles. The Balaban J connectivity index is 1.68. The van der Waals surface area contributed by atoms with E-state index in [-0.39, 0.29) is 7.92 Å². The molecule has 19 heavy (non-hydrogen) atoms. The lowest BCUT2D eigenvalue weighted by Gasteiger charge is -2.43. The highest BCUT2D eigenvalue weighted by molar-refractivity contribution is 7.59. The van der Waals surface area contributed by atoms with Gasteiger partial charge >= 0.3 is 0 Å². The summed E-state index contributed by atoms with van der Waals surface area (Å²) in [5.41, 5.74) is 1.97. The van der Waals surface area contributed by atoms with Crippen molar-refractivity contribution in [1.82, 2.24) is 0 Å². The molecular formula is C16H29O2P. The summed E-state index contributed by atoms with van der Waals surface area (Å²) < 4.78 is 11.9. The molecule has 0 aromatic heterocycles. The normalized spacial score (nSPS) is 31.7. The van der Waals surface area contributed by atoms with Crippen LogP contribution >= 0.6 is 7.92 Å². The van der Waals surface area contributed by atoms with E-state index < -0.39 is 0 Å². The molecule has 1 unspecified atom stereocenters. The number of hydrogen-bond acceptors (Lipinski definition) is 2. The monoisotopic (exact) mass is 284 g/mol. The van der Waals surface area contributed by atoms with Gasteiger partial charge in [0.15, 0.2) is 0 Å². The minimum atomic E-state index is 0.0376. The van der Waals surface area contributed by atoms with Gasteiger partial charge in [0.25, 0.3) is 0 Å². The van der Waals surface area contributed by atoms with Crippen molar-refractivity contribution in [1.29, 1.82) is 0 Å². The molecule has 0 radical (unpaired) electrons. The lowest BCUT2D eigenvalue weighted by molar-refractivity contribution is -0.0533. The standard InChI is InChI=1S/C16H29O2P/c1-3-7-14(8-4-1)19(15-9-5-2-6-10-15)16-13-17-11-12-18-16/h14-16H,1-13H2. The van der Waals surface area contributed by atoms with Crippen molar-refractivity contribution >= 4 is 7.92 Å². The quantitative estimate of drug-likeness (QED) is 0.710. The van der Waals surface area contributed by atoms with E-state index >= 15 is 0 Å². The summed E-state index contributed by atoms with van der Waals surface area (Å²) in [5.74, 6) is 0.468. The third kappa shape index (κ3) is 3.71. The average molecular weight is 284 g/mol. The van der Waals surface area contributed by atoms with Gasteiger partial charge in [-0.2, -0.15) is 0 Å². The molecule has 0 spiro atoms. The van der Waals surface area contributed by atoms with Gasteiger partial charge in [0.05, 0.1) is 19.8 Å². The topological polar surface area (TPSA) is 18.5 Å². The summed E-state index contributed by atoms with van der Waals surface area (Å²) in [6.07, 6.45) is 14.7. The van der Waals surface area contributed by atoms with E-state index in [2.05, 4.69) is 0 Å². The van der Waals surface area contributed by atoms with Crippen molar-refractivity contribution < 1.29 is 9.47 Å². The predicted octanol–water partition coefficient (Wildman–Crippen LogP) is 4.51. The Hall–Kier alpha value is 0.350. The maximum Gasteiger partial charge on any atom is 0.100 e. The van der Waals surface area contributed by atoms with Crippen LogP contribution < -0.4 is 0 Å². The van der Waals surface area contributed by atoms with E-state index in [1.54, 1.807) is 0 Å². The van der Waals surface area contributed by atoms with Crippen molar-refractivity contribution in [3.8, 4) is 0 Å². The fourth-order valence-corrected chi connectivity index (χ4v) is 8.19. The molecule has 1 saturated heterocycles. The fraction of sp³-hybridized carbons (Fsp3) is 1.00. The summed E-state index contributed by atoms with van der Waals surface area (Å²) in [6, 6.07) is 0. The van der Waals surface area contributed by atoms with Crippen LogP contribution in [-0.4, -0.2) is 37.0 Å². The van der Waals surface area contributed by atoms with Gasteiger partial charge in [-0.3, -0.25) is 0 Å². The molecule has 3 fully saturated rings. The zero-order valence-electron chi connectivity index (χ0n) is 12.2. The maximum atomic E-state index is 6.15. The molecular weight excluding hydrogens is 255 g/mol. The summed E-state index contributed by atoms with van der Waals surface area (Å²) >= 11 is 0. The first-order valence-corrected chi connectivity index (χ1v) is 9.97. The second kappa shape index (κ2) is 7.38. The second-order valence-corrected chi connectivity index (χ2v) is 9.36. The van der Waals surface area contributed by atoms with E-state index in [1.807, 2.05) is 0 Å². The summed E-state index contributed by atoms with van der Waals surface area (Å²) in [6.45, 7) is 2.54.